The highest BCUT2D eigenvalue weighted by Gasteiger charge is 2.21. The minimum atomic E-state index is 0. The maximum atomic E-state index is 12.5. The van der Waals surface area contributed by atoms with Crippen molar-refractivity contribution in [1.82, 2.24) is 15.1 Å². The van der Waals surface area contributed by atoms with E-state index >= 15 is 0 Å². The summed E-state index contributed by atoms with van der Waals surface area (Å²) in [5.74, 6) is 0.257. The molecule has 2 saturated heterocycles. The number of piperazine rings is 1. The number of likely N-dealkylation sites (N-methyl/N-ethyl adjacent to an activating group) is 1. The Hall–Kier alpha value is -1.34. The average Bonchev–Trinajstić information content (AvgIpc) is 2.63. The topological polar surface area (TPSA) is 64.7 Å². The van der Waals surface area contributed by atoms with Gasteiger partial charge in [0.25, 0.3) is 0 Å². The van der Waals surface area contributed by atoms with Crippen LogP contribution in [0.4, 0.5) is 5.69 Å². The van der Waals surface area contributed by atoms with E-state index < -0.39 is 0 Å². The van der Waals surface area contributed by atoms with Gasteiger partial charge >= 0.3 is 0 Å². The van der Waals surface area contributed by atoms with Gasteiger partial charge in [-0.15, -0.1) is 24.8 Å². The van der Waals surface area contributed by atoms with Gasteiger partial charge in [-0.05, 0) is 44.1 Å². The lowest BCUT2D eigenvalue weighted by atomic mass is 9.98. The minimum absolute atomic E-state index is 0. The number of carbonyl (C=O) groups is 2. The highest BCUT2D eigenvalue weighted by molar-refractivity contribution is 5.93. The second-order valence-corrected chi connectivity index (χ2v) is 7.09. The second kappa shape index (κ2) is 11.5. The molecule has 0 aliphatic carbocycles. The molecule has 2 fully saturated rings. The van der Waals surface area contributed by atoms with E-state index in [0.29, 0.717) is 6.42 Å². The lowest BCUT2D eigenvalue weighted by Gasteiger charge is -2.32. The van der Waals surface area contributed by atoms with Gasteiger partial charge in [0.1, 0.15) is 0 Å². The van der Waals surface area contributed by atoms with Crippen LogP contribution in [-0.2, 0) is 16.0 Å². The SMILES string of the molecule is CN1CCN(C(=O)Cc2cccc(NC(=O)C3CCCNC3)c2)CC1.Cl.Cl. The molecular formula is C19H30Cl2N4O2. The van der Waals surface area contributed by atoms with E-state index in [2.05, 4.69) is 22.6 Å². The van der Waals surface area contributed by atoms with Crippen molar-refractivity contribution in [3.63, 3.8) is 0 Å². The fourth-order valence-electron chi connectivity index (χ4n) is 3.42. The van der Waals surface area contributed by atoms with Crippen molar-refractivity contribution < 1.29 is 9.59 Å². The smallest absolute Gasteiger partial charge is 0.228 e. The van der Waals surface area contributed by atoms with Crippen LogP contribution < -0.4 is 10.6 Å². The van der Waals surface area contributed by atoms with Crippen molar-refractivity contribution in [2.45, 2.75) is 19.3 Å². The Morgan fingerprint density at radius 3 is 2.59 bits per heavy atom. The van der Waals surface area contributed by atoms with Crippen molar-refractivity contribution in [3.8, 4) is 0 Å². The number of hydrogen-bond acceptors (Lipinski definition) is 4. The minimum Gasteiger partial charge on any atom is -0.340 e. The Balaban J connectivity index is 0.00000182. The summed E-state index contributed by atoms with van der Waals surface area (Å²) in [5.41, 5.74) is 1.72. The van der Waals surface area contributed by atoms with E-state index in [-0.39, 0.29) is 42.5 Å². The first-order valence-corrected chi connectivity index (χ1v) is 9.18. The van der Waals surface area contributed by atoms with Gasteiger partial charge in [0, 0.05) is 38.4 Å². The monoisotopic (exact) mass is 416 g/mol. The van der Waals surface area contributed by atoms with Gasteiger partial charge in [-0.2, -0.15) is 0 Å². The maximum Gasteiger partial charge on any atom is 0.228 e. The van der Waals surface area contributed by atoms with Crippen LogP contribution in [0.1, 0.15) is 18.4 Å². The molecule has 0 bridgehead atoms. The summed E-state index contributed by atoms with van der Waals surface area (Å²) in [7, 11) is 2.08. The molecule has 2 heterocycles. The molecule has 1 unspecified atom stereocenters. The lowest BCUT2D eigenvalue weighted by Crippen LogP contribution is -2.47. The Morgan fingerprint density at radius 1 is 1.19 bits per heavy atom. The molecule has 3 rings (SSSR count). The van der Waals surface area contributed by atoms with Crippen LogP contribution in [0.25, 0.3) is 0 Å². The zero-order chi connectivity index (χ0) is 17.6. The molecule has 0 spiro atoms. The third-order valence-corrected chi connectivity index (χ3v) is 5.07. The van der Waals surface area contributed by atoms with Crippen molar-refractivity contribution >= 4 is 42.3 Å². The fourth-order valence-corrected chi connectivity index (χ4v) is 3.42. The molecule has 0 saturated carbocycles. The number of benzene rings is 1. The summed E-state index contributed by atoms with van der Waals surface area (Å²) >= 11 is 0. The van der Waals surface area contributed by atoms with Crippen LogP contribution >= 0.6 is 24.8 Å². The molecule has 2 N–H and O–H groups in total. The number of nitrogens with one attached hydrogen (secondary N) is 2. The third-order valence-electron chi connectivity index (χ3n) is 5.07. The number of carbonyl (C=O) groups excluding carboxylic acids is 2. The number of amides is 2. The van der Waals surface area contributed by atoms with E-state index in [1.54, 1.807) is 0 Å². The second-order valence-electron chi connectivity index (χ2n) is 7.09. The molecule has 2 amide bonds. The summed E-state index contributed by atoms with van der Waals surface area (Å²) in [6, 6.07) is 7.66. The van der Waals surface area contributed by atoms with E-state index in [4.69, 9.17) is 0 Å². The van der Waals surface area contributed by atoms with Crippen LogP contribution in [0.15, 0.2) is 24.3 Å². The van der Waals surface area contributed by atoms with E-state index in [1.165, 1.54) is 0 Å². The van der Waals surface area contributed by atoms with Crippen molar-refractivity contribution in [2.75, 3.05) is 51.6 Å². The van der Waals surface area contributed by atoms with Gasteiger partial charge in [-0.25, -0.2) is 0 Å². The highest BCUT2D eigenvalue weighted by Crippen LogP contribution is 2.16. The summed E-state index contributed by atoms with van der Waals surface area (Å²) in [5, 5.41) is 6.26. The zero-order valence-corrected chi connectivity index (χ0v) is 17.4. The van der Waals surface area contributed by atoms with Gasteiger partial charge in [-0.3, -0.25) is 9.59 Å². The summed E-state index contributed by atoms with van der Waals surface area (Å²) in [6.45, 7) is 5.18. The quantitative estimate of drug-likeness (QED) is 0.784. The first kappa shape index (κ1) is 23.7. The largest absolute Gasteiger partial charge is 0.340 e. The van der Waals surface area contributed by atoms with E-state index in [9.17, 15) is 9.59 Å². The maximum absolute atomic E-state index is 12.5. The molecule has 1 aromatic carbocycles. The number of rotatable bonds is 4. The third kappa shape index (κ3) is 6.96. The van der Waals surface area contributed by atoms with Crippen LogP contribution in [0, 0.1) is 5.92 Å². The number of nitrogens with zero attached hydrogens (tertiary/aromatic N) is 2. The molecule has 152 valence electrons. The molecule has 0 radical (unpaired) electrons. The highest BCUT2D eigenvalue weighted by atomic mass is 35.5. The fraction of sp³-hybridized carbons (Fsp3) is 0.579. The molecular weight excluding hydrogens is 387 g/mol. The van der Waals surface area contributed by atoms with Crippen molar-refractivity contribution in [3.05, 3.63) is 29.8 Å². The summed E-state index contributed by atoms with van der Waals surface area (Å²) < 4.78 is 0. The number of halogens is 2. The van der Waals surface area contributed by atoms with Crippen molar-refractivity contribution in [2.24, 2.45) is 5.92 Å². The molecule has 1 atom stereocenters. The van der Waals surface area contributed by atoms with E-state index in [0.717, 1.165) is 63.4 Å². The van der Waals surface area contributed by atoms with Crippen LogP contribution in [0.2, 0.25) is 0 Å². The molecule has 6 nitrogen and oxygen atoms in total. The molecule has 1 aromatic rings. The standard InChI is InChI=1S/C19H28N4O2.2ClH/c1-22-8-10-23(11-9-22)18(24)13-15-4-2-6-17(12-15)21-19(25)16-5-3-7-20-14-16;;/h2,4,6,12,16,20H,3,5,7-11,13-14H2,1H3,(H,21,25);2*1H. The summed E-state index contributed by atoms with van der Waals surface area (Å²) in [6.07, 6.45) is 2.36. The Labute approximate surface area is 173 Å². The molecule has 0 aromatic heterocycles. The first-order chi connectivity index (χ1) is 12.1. The van der Waals surface area contributed by atoms with Crippen LogP contribution in [-0.4, -0.2) is 67.9 Å². The van der Waals surface area contributed by atoms with Gasteiger partial charge in [0.15, 0.2) is 0 Å². The number of anilines is 1. The number of piperidine rings is 1. The molecule has 2 aliphatic heterocycles. The van der Waals surface area contributed by atoms with Crippen molar-refractivity contribution in [1.29, 1.82) is 0 Å². The normalized spacial score (nSPS) is 20.2. The Kier molecular flexibility index (Phi) is 10.1. The first-order valence-electron chi connectivity index (χ1n) is 9.18. The molecule has 27 heavy (non-hydrogen) atoms. The van der Waals surface area contributed by atoms with Gasteiger partial charge in [0.05, 0.1) is 12.3 Å². The predicted octanol–water partition coefficient (Wildman–Crippen LogP) is 1.78. The lowest BCUT2D eigenvalue weighted by molar-refractivity contribution is -0.132. The Bertz CT molecular complexity index is 615. The van der Waals surface area contributed by atoms with Gasteiger partial charge < -0.3 is 20.4 Å². The van der Waals surface area contributed by atoms with Crippen LogP contribution in [0.5, 0.6) is 0 Å². The van der Waals surface area contributed by atoms with Gasteiger partial charge in [-0.1, -0.05) is 12.1 Å². The average molecular weight is 417 g/mol. The predicted molar refractivity (Wildman–Crippen MR) is 113 cm³/mol. The summed E-state index contributed by atoms with van der Waals surface area (Å²) in [4.78, 5) is 29.0. The zero-order valence-electron chi connectivity index (χ0n) is 15.8. The Morgan fingerprint density at radius 2 is 1.93 bits per heavy atom. The van der Waals surface area contributed by atoms with E-state index in [1.807, 2.05) is 29.2 Å². The molecule has 2 aliphatic rings. The molecule has 8 heteroatoms. The van der Waals surface area contributed by atoms with Crippen LogP contribution in [0.3, 0.4) is 0 Å². The van der Waals surface area contributed by atoms with Gasteiger partial charge in [0.2, 0.25) is 11.8 Å². The number of hydrogen-bond donors (Lipinski definition) is 2.